The quantitative estimate of drug-likeness (QED) is 0.488. The molecule has 2 amide bonds. The van der Waals surface area contributed by atoms with Crippen LogP contribution in [0.5, 0.6) is 0 Å². The van der Waals surface area contributed by atoms with E-state index in [2.05, 4.69) is 5.32 Å². The largest absolute Gasteiger partial charge is 0.478 e. The first-order valence-corrected chi connectivity index (χ1v) is 10.2. The molecule has 7 heteroatoms. The van der Waals surface area contributed by atoms with Crippen molar-refractivity contribution in [2.75, 3.05) is 11.9 Å². The maximum atomic E-state index is 12.9. The highest BCUT2D eigenvalue weighted by molar-refractivity contribution is 6.30. The van der Waals surface area contributed by atoms with Gasteiger partial charge in [0.25, 0.3) is 0 Å². The van der Waals surface area contributed by atoms with Gasteiger partial charge in [0.1, 0.15) is 6.54 Å². The van der Waals surface area contributed by atoms with Crippen LogP contribution in [0, 0.1) is 0 Å². The second-order valence-corrected chi connectivity index (χ2v) is 7.44. The normalized spacial score (nSPS) is 10.7. The van der Waals surface area contributed by atoms with Gasteiger partial charge in [-0.15, -0.1) is 0 Å². The van der Waals surface area contributed by atoms with Crippen molar-refractivity contribution in [1.82, 2.24) is 4.90 Å². The Bertz CT molecular complexity index is 1130. The number of carboxylic acids is 1. The van der Waals surface area contributed by atoms with Crippen molar-refractivity contribution in [3.8, 4) is 0 Å². The van der Waals surface area contributed by atoms with Crippen LogP contribution in [0.2, 0.25) is 5.02 Å². The van der Waals surface area contributed by atoms with Crippen molar-refractivity contribution in [2.24, 2.45) is 0 Å². The number of nitrogens with one attached hydrogen (secondary N) is 1. The number of nitrogens with zero attached hydrogens (tertiary/aromatic N) is 1. The molecule has 0 radical (unpaired) electrons. The monoisotopic (exact) mass is 448 g/mol. The summed E-state index contributed by atoms with van der Waals surface area (Å²) in [4.78, 5) is 37.9. The van der Waals surface area contributed by atoms with Gasteiger partial charge in [0.15, 0.2) is 0 Å². The van der Waals surface area contributed by atoms with Gasteiger partial charge in [-0.2, -0.15) is 0 Å². The predicted molar refractivity (Wildman–Crippen MR) is 124 cm³/mol. The van der Waals surface area contributed by atoms with E-state index in [1.54, 1.807) is 24.3 Å². The molecular weight excluding hydrogens is 428 g/mol. The summed E-state index contributed by atoms with van der Waals surface area (Å²) in [5, 5.41) is 12.2. The van der Waals surface area contributed by atoms with Gasteiger partial charge in [0.05, 0.1) is 5.56 Å². The van der Waals surface area contributed by atoms with E-state index < -0.39 is 11.9 Å². The van der Waals surface area contributed by atoms with Crippen LogP contribution >= 0.6 is 11.6 Å². The number of rotatable bonds is 8. The molecule has 32 heavy (non-hydrogen) atoms. The number of halogens is 1. The predicted octanol–water partition coefficient (Wildman–Crippen LogP) is 4.72. The van der Waals surface area contributed by atoms with Crippen LogP contribution in [-0.4, -0.2) is 34.3 Å². The molecular formula is C25H21ClN2O4. The zero-order valence-electron chi connectivity index (χ0n) is 17.1. The van der Waals surface area contributed by atoms with E-state index in [0.29, 0.717) is 10.7 Å². The maximum Gasteiger partial charge on any atom is 0.335 e. The minimum atomic E-state index is -1.05. The summed E-state index contributed by atoms with van der Waals surface area (Å²) in [5.41, 5.74) is 2.22. The van der Waals surface area contributed by atoms with E-state index in [-0.39, 0.29) is 24.6 Å². The minimum absolute atomic E-state index is 0.120. The lowest BCUT2D eigenvalue weighted by Crippen LogP contribution is -2.36. The maximum absolute atomic E-state index is 12.9. The van der Waals surface area contributed by atoms with Crippen LogP contribution in [0.4, 0.5) is 5.69 Å². The van der Waals surface area contributed by atoms with Gasteiger partial charge < -0.3 is 15.3 Å². The third-order valence-corrected chi connectivity index (χ3v) is 4.78. The average molecular weight is 449 g/mol. The van der Waals surface area contributed by atoms with Crippen LogP contribution in [0.3, 0.4) is 0 Å². The highest BCUT2D eigenvalue weighted by atomic mass is 35.5. The molecule has 0 bridgehead atoms. The van der Waals surface area contributed by atoms with Crippen molar-refractivity contribution >= 4 is 41.1 Å². The van der Waals surface area contributed by atoms with E-state index in [1.807, 2.05) is 36.4 Å². The van der Waals surface area contributed by atoms with E-state index in [1.165, 1.54) is 35.2 Å². The number of carboxylic acid groups (broad SMARTS) is 1. The SMILES string of the molecule is O=C(CN(Cc1ccccc1)C(=O)/C=C/c1cccc(Cl)c1)Nc1ccc(C(=O)O)cc1. The van der Waals surface area contributed by atoms with Crippen molar-refractivity contribution in [2.45, 2.75) is 6.54 Å². The Morgan fingerprint density at radius 1 is 0.938 bits per heavy atom. The molecule has 3 aromatic rings. The lowest BCUT2D eigenvalue weighted by molar-refractivity contribution is -0.131. The van der Waals surface area contributed by atoms with Crippen LogP contribution in [0.25, 0.3) is 6.08 Å². The fraction of sp³-hybridized carbons (Fsp3) is 0.0800. The molecule has 2 N–H and O–H groups in total. The van der Waals surface area contributed by atoms with Gasteiger partial charge in [0.2, 0.25) is 11.8 Å². The Hall–Kier alpha value is -3.90. The Morgan fingerprint density at radius 3 is 2.31 bits per heavy atom. The second-order valence-electron chi connectivity index (χ2n) is 7.00. The van der Waals surface area contributed by atoms with E-state index in [9.17, 15) is 14.4 Å². The number of carbonyl (C=O) groups is 3. The van der Waals surface area contributed by atoms with Crippen molar-refractivity contribution < 1.29 is 19.5 Å². The van der Waals surface area contributed by atoms with Crippen molar-refractivity contribution in [3.63, 3.8) is 0 Å². The molecule has 0 saturated carbocycles. The van der Waals surface area contributed by atoms with Gasteiger partial charge >= 0.3 is 5.97 Å². The third-order valence-electron chi connectivity index (χ3n) is 4.55. The molecule has 0 saturated heterocycles. The Balaban J connectivity index is 1.72. The fourth-order valence-corrected chi connectivity index (χ4v) is 3.17. The number of aromatic carboxylic acids is 1. The van der Waals surface area contributed by atoms with E-state index >= 15 is 0 Å². The number of carbonyl (C=O) groups excluding carboxylic acids is 2. The molecule has 0 aliphatic carbocycles. The molecule has 0 heterocycles. The first-order chi connectivity index (χ1) is 15.4. The van der Waals surface area contributed by atoms with E-state index in [4.69, 9.17) is 16.7 Å². The lowest BCUT2D eigenvalue weighted by Gasteiger charge is -2.21. The third kappa shape index (κ3) is 6.82. The number of benzene rings is 3. The first kappa shape index (κ1) is 22.8. The van der Waals surface area contributed by atoms with Crippen LogP contribution in [0.1, 0.15) is 21.5 Å². The zero-order chi connectivity index (χ0) is 22.9. The lowest BCUT2D eigenvalue weighted by atomic mass is 10.2. The molecule has 6 nitrogen and oxygen atoms in total. The summed E-state index contributed by atoms with van der Waals surface area (Å²) in [6, 6.07) is 22.3. The van der Waals surface area contributed by atoms with Gasteiger partial charge in [0, 0.05) is 23.3 Å². The number of anilines is 1. The molecule has 0 atom stereocenters. The summed E-state index contributed by atoms with van der Waals surface area (Å²) in [7, 11) is 0. The summed E-state index contributed by atoms with van der Waals surface area (Å²) in [5.74, 6) is -1.77. The van der Waals surface area contributed by atoms with Gasteiger partial charge in [-0.25, -0.2) is 4.79 Å². The van der Waals surface area contributed by atoms with Gasteiger partial charge in [-0.05, 0) is 53.6 Å². The number of hydrogen-bond donors (Lipinski definition) is 2. The van der Waals surface area contributed by atoms with Crippen LogP contribution in [-0.2, 0) is 16.1 Å². The van der Waals surface area contributed by atoms with Crippen molar-refractivity contribution in [3.05, 3.63) is 107 Å². The summed E-state index contributed by atoms with van der Waals surface area (Å²) in [6.45, 7) is 0.0826. The van der Waals surface area contributed by atoms with E-state index in [0.717, 1.165) is 11.1 Å². The molecule has 0 spiro atoms. The molecule has 162 valence electrons. The Labute approximate surface area is 190 Å². The number of amides is 2. The highest BCUT2D eigenvalue weighted by Gasteiger charge is 2.16. The Kier molecular flexibility index (Phi) is 7.78. The number of hydrogen-bond acceptors (Lipinski definition) is 3. The standard InChI is InChI=1S/C25H21ClN2O4/c26-21-8-4-7-18(15-21)9-14-24(30)28(16-19-5-2-1-3-6-19)17-23(29)27-22-12-10-20(11-13-22)25(31)32/h1-15H,16-17H2,(H,27,29)(H,31,32)/b14-9+. The molecule has 0 aromatic heterocycles. The Morgan fingerprint density at radius 2 is 1.66 bits per heavy atom. The van der Waals surface area contributed by atoms with Crippen LogP contribution < -0.4 is 5.32 Å². The summed E-state index contributed by atoms with van der Waals surface area (Å²) < 4.78 is 0. The second kappa shape index (κ2) is 10.9. The highest BCUT2D eigenvalue weighted by Crippen LogP contribution is 2.13. The molecule has 0 unspecified atom stereocenters. The molecule has 3 rings (SSSR count). The molecule has 0 fully saturated rings. The average Bonchev–Trinajstić information content (AvgIpc) is 2.78. The van der Waals surface area contributed by atoms with Crippen LogP contribution in [0.15, 0.2) is 84.9 Å². The van der Waals surface area contributed by atoms with Gasteiger partial charge in [-0.3, -0.25) is 9.59 Å². The molecule has 0 aliphatic heterocycles. The van der Waals surface area contributed by atoms with Crippen molar-refractivity contribution in [1.29, 1.82) is 0 Å². The summed E-state index contributed by atoms with van der Waals surface area (Å²) in [6.07, 6.45) is 3.05. The molecule has 0 aliphatic rings. The molecule has 3 aromatic carbocycles. The topological polar surface area (TPSA) is 86.7 Å². The minimum Gasteiger partial charge on any atom is -0.478 e. The smallest absolute Gasteiger partial charge is 0.335 e. The van der Waals surface area contributed by atoms with Gasteiger partial charge in [-0.1, -0.05) is 54.1 Å². The zero-order valence-corrected chi connectivity index (χ0v) is 17.8. The fourth-order valence-electron chi connectivity index (χ4n) is 2.97. The summed E-state index contributed by atoms with van der Waals surface area (Å²) >= 11 is 5.99. The first-order valence-electron chi connectivity index (χ1n) is 9.80.